The van der Waals surface area contributed by atoms with Gasteiger partial charge in [-0.2, -0.15) is 0 Å². The number of hydrogen-bond acceptors (Lipinski definition) is 3. The second-order valence-electron chi connectivity index (χ2n) is 5.93. The molecule has 0 unspecified atom stereocenters. The molecule has 2 amide bonds. The number of nitrogens with one attached hydrogen (secondary N) is 1. The SMILES string of the molecule is CCOCCCNC(=O)CN1C(=O)C(C)(C)c2ccccc21. The molecule has 1 N–H and O–H groups in total. The summed E-state index contributed by atoms with van der Waals surface area (Å²) in [7, 11) is 0. The van der Waals surface area contributed by atoms with Gasteiger partial charge in [0.1, 0.15) is 6.54 Å². The topological polar surface area (TPSA) is 58.6 Å². The monoisotopic (exact) mass is 304 g/mol. The van der Waals surface area contributed by atoms with Crippen LogP contribution in [0.15, 0.2) is 24.3 Å². The van der Waals surface area contributed by atoms with Crippen molar-refractivity contribution in [3.8, 4) is 0 Å². The number of carbonyl (C=O) groups excluding carboxylic acids is 2. The maximum Gasteiger partial charge on any atom is 0.240 e. The van der Waals surface area contributed by atoms with E-state index in [1.54, 1.807) is 4.90 Å². The van der Waals surface area contributed by atoms with E-state index in [0.29, 0.717) is 19.8 Å². The Hall–Kier alpha value is -1.88. The van der Waals surface area contributed by atoms with Crippen LogP contribution in [0.3, 0.4) is 0 Å². The van der Waals surface area contributed by atoms with Crippen LogP contribution in [-0.2, 0) is 19.7 Å². The molecular weight excluding hydrogens is 280 g/mol. The van der Waals surface area contributed by atoms with Crippen molar-refractivity contribution in [2.45, 2.75) is 32.6 Å². The molecule has 0 atom stereocenters. The highest BCUT2D eigenvalue weighted by atomic mass is 16.5. The Morgan fingerprint density at radius 1 is 1.32 bits per heavy atom. The van der Waals surface area contributed by atoms with Crippen LogP contribution in [0.25, 0.3) is 0 Å². The molecule has 1 aromatic carbocycles. The summed E-state index contributed by atoms with van der Waals surface area (Å²) in [6, 6.07) is 7.66. The van der Waals surface area contributed by atoms with Crippen LogP contribution >= 0.6 is 0 Å². The number of carbonyl (C=O) groups is 2. The number of fused-ring (bicyclic) bond motifs is 1. The fourth-order valence-corrected chi connectivity index (χ4v) is 2.70. The van der Waals surface area contributed by atoms with Crippen molar-refractivity contribution < 1.29 is 14.3 Å². The summed E-state index contributed by atoms with van der Waals surface area (Å²) in [6.07, 6.45) is 0.773. The molecule has 1 aliphatic rings. The first-order valence-electron chi connectivity index (χ1n) is 7.74. The molecule has 0 saturated carbocycles. The molecule has 0 saturated heterocycles. The van der Waals surface area contributed by atoms with Gasteiger partial charge in [0.05, 0.1) is 5.41 Å². The highest BCUT2D eigenvalue weighted by Gasteiger charge is 2.43. The Morgan fingerprint density at radius 2 is 2.05 bits per heavy atom. The van der Waals surface area contributed by atoms with Gasteiger partial charge in [0.15, 0.2) is 0 Å². The van der Waals surface area contributed by atoms with Crippen LogP contribution in [-0.4, -0.2) is 38.1 Å². The summed E-state index contributed by atoms with van der Waals surface area (Å²) < 4.78 is 5.22. The second kappa shape index (κ2) is 6.92. The van der Waals surface area contributed by atoms with Gasteiger partial charge in [-0.1, -0.05) is 18.2 Å². The molecule has 1 heterocycles. The molecule has 0 radical (unpaired) electrons. The number of nitrogens with zero attached hydrogens (tertiary/aromatic N) is 1. The molecule has 120 valence electrons. The summed E-state index contributed by atoms with van der Waals surface area (Å²) in [5.74, 6) is -0.171. The molecule has 0 aliphatic carbocycles. The van der Waals surface area contributed by atoms with Gasteiger partial charge < -0.3 is 15.0 Å². The lowest BCUT2D eigenvalue weighted by atomic mass is 9.86. The zero-order valence-electron chi connectivity index (χ0n) is 13.5. The Balaban J connectivity index is 1.96. The molecule has 1 aliphatic heterocycles. The second-order valence-corrected chi connectivity index (χ2v) is 5.93. The fraction of sp³-hybridized carbons (Fsp3) is 0.529. The fourth-order valence-electron chi connectivity index (χ4n) is 2.70. The number of para-hydroxylation sites is 1. The number of ether oxygens (including phenoxy) is 1. The minimum Gasteiger partial charge on any atom is -0.382 e. The summed E-state index contributed by atoms with van der Waals surface area (Å²) in [5.41, 5.74) is 1.23. The minimum atomic E-state index is -0.578. The Kier molecular flexibility index (Phi) is 5.19. The largest absolute Gasteiger partial charge is 0.382 e. The molecule has 22 heavy (non-hydrogen) atoms. The zero-order valence-corrected chi connectivity index (χ0v) is 13.5. The maximum absolute atomic E-state index is 12.6. The van der Waals surface area contributed by atoms with E-state index in [9.17, 15) is 9.59 Å². The average molecular weight is 304 g/mol. The van der Waals surface area contributed by atoms with E-state index in [1.807, 2.05) is 45.0 Å². The van der Waals surface area contributed by atoms with Crippen LogP contribution in [0.1, 0.15) is 32.8 Å². The van der Waals surface area contributed by atoms with Gasteiger partial charge >= 0.3 is 0 Å². The number of anilines is 1. The van der Waals surface area contributed by atoms with E-state index in [2.05, 4.69) is 5.32 Å². The van der Waals surface area contributed by atoms with Gasteiger partial charge in [-0.15, -0.1) is 0 Å². The summed E-state index contributed by atoms with van der Waals surface area (Å²) in [5, 5.41) is 2.83. The zero-order chi connectivity index (χ0) is 16.2. The van der Waals surface area contributed by atoms with Crippen molar-refractivity contribution in [1.29, 1.82) is 0 Å². The van der Waals surface area contributed by atoms with Crippen molar-refractivity contribution in [2.75, 3.05) is 31.2 Å². The molecule has 0 bridgehead atoms. The molecule has 1 aromatic rings. The first kappa shape index (κ1) is 16.5. The van der Waals surface area contributed by atoms with Crippen molar-refractivity contribution in [2.24, 2.45) is 0 Å². The van der Waals surface area contributed by atoms with Crippen LogP contribution < -0.4 is 10.2 Å². The predicted octanol–water partition coefficient (Wildman–Crippen LogP) is 1.85. The van der Waals surface area contributed by atoms with Crippen molar-refractivity contribution >= 4 is 17.5 Å². The van der Waals surface area contributed by atoms with E-state index in [-0.39, 0.29) is 18.4 Å². The van der Waals surface area contributed by atoms with Gasteiger partial charge in [-0.05, 0) is 38.8 Å². The molecule has 5 nitrogen and oxygen atoms in total. The highest BCUT2D eigenvalue weighted by Crippen LogP contribution is 2.40. The maximum atomic E-state index is 12.6. The van der Waals surface area contributed by atoms with E-state index < -0.39 is 5.41 Å². The molecule has 0 fully saturated rings. The summed E-state index contributed by atoms with van der Waals surface area (Å²) in [4.78, 5) is 26.2. The lowest BCUT2D eigenvalue weighted by molar-refractivity contribution is -0.125. The van der Waals surface area contributed by atoms with Crippen LogP contribution in [0.4, 0.5) is 5.69 Å². The van der Waals surface area contributed by atoms with Gasteiger partial charge in [-0.25, -0.2) is 0 Å². The van der Waals surface area contributed by atoms with Gasteiger partial charge in [0.25, 0.3) is 0 Å². The number of benzene rings is 1. The van der Waals surface area contributed by atoms with Crippen LogP contribution in [0.2, 0.25) is 0 Å². The number of hydrogen-bond donors (Lipinski definition) is 1. The number of amides is 2. The normalized spacial score (nSPS) is 15.8. The van der Waals surface area contributed by atoms with Crippen LogP contribution in [0.5, 0.6) is 0 Å². The first-order valence-corrected chi connectivity index (χ1v) is 7.74. The van der Waals surface area contributed by atoms with E-state index in [4.69, 9.17) is 4.74 Å². The summed E-state index contributed by atoms with van der Waals surface area (Å²) >= 11 is 0. The number of rotatable bonds is 7. The molecule has 0 aromatic heterocycles. The Morgan fingerprint density at radius 3 is 2.77 bits per heavy atom. The molecule has 0 spiro atoms. The third kappa shape index (κ3) is 3.30. The van der Waals surface area contributed by atoms with Crippen molar-refractivity contribution in [3.05, 3.63) is 29.8 Å². The van der Waals surface area contributed by atoms with Crippen molar-refractivity contribution in [3.63, 3.8) is 0 Å². The van der Waals surface area contributed by atoms with Gasteiger partial charge in [0.2, 0.25) is 11.8 Å². The molecular formula is C17H24N2O3. The lowest BCUT2D eigenvalue weighted by Crippen LogP contribution is -2.43. The third-order valence-corrected chi connectivity index (χ3v) is 3.94. The molecule has 5 heteroatoms. The first-order chi connectivity index (χ1) is 10.5. The standard InChI is InChI=1S/C17H24N2O3/c1-4-22-11-7-10-18-15(20)12-19-14-9-6-5-8-13(14)17(2,3)16(19)21/h5-6,8-9H,4,7,10-12H2,1-3H3,(H,18,20). The van der Waals surface area contributed by atoms with Gasteiger partial charge in [-0.3, -0.25) is 9.59 Å². The highest BCUT2D eigenvalue weighted by molar-refractivity contribution is 6.10. The Bertz CT molecular complexity index is 555. The lowest BCUT2D eigenvalue weighted by Gasteiger charge is -2.20. The quantitative estimate of drug-likeness (QED) is 0.782. The van der Waals surface area contributed by atoms with E-state index >= 15 is 0 Å². The minimum absolute atomic E-state index is 0.0295. The average Bonchev–Trinajstić information content (AvgIpc) is 2.69. The van der Waals surface area contributed by atoms with Gasteiger partial charge in [0, 0.05) is 25.4 Å². The predicted molar refractivity (Wildman–Crippen MR) is 85.9 cm³/mol. The van der Waals surface area contributed by atoms with Crippen LogP contribution in [0, 0.1) is 0 Å². The summed E-state index contributed by atoms with van der Waals surface area (Å²) in [6.45, 7) is 7.68. The Labute approximate surface area is 131 Å². The smallest absolute Gasteiger partial charge is 0.240 e. The van der Waals surface area contributed by atoms with Crippen molar-refractivity contribution in [1.82, 2.24) is 5.32 Å². The van der Waals surface area contributed by atoms with E-state index in [0.717, 1.165) is 17.7 Å². The third-order valence-electron chi connectivity index (χ3n) is 3.94. The van der Waals surface area contributed by atoms with E-state index in [1.165, 1.54) is 0 Å². The molecule has 2 rings (SSSR count).